The van der Waals surface area contributed by atoms with Gasteiger partial charge in [-0.25, -0.2) is 4.79 Å². The van der Waals surface area contributed by atoms with E-state index < -0.39 is 5.97 Å². The highest BCUT2D eigenvalue weighted by molar-refractivity contribution is 5.88. The van der Waals surface area contributed by atoms with Gasteiger partial charge in [0, 0.05) is 12.7 Å². The number of hydrogen-bond donors (Lipinski definition) is 1. The number of aromatic nitrogens is 1. The molecule has 6 nitrogen and oxygen atoms in total. The van der Waals surface area contributed by atoms with E-state index in [1.165, 1.54) is 20.4 Å². The topological polar surface area (TPSA) is 77.5 Å². The molecule has 0 amide bonds. The summed E-state index contributed by atoms with van der Waals surface area (Å²) in [5.41, 5.74) is 1.13. The maximum Gasteiger partial charge on any atom is 0.339 e. The molecule has 0 saturated heterocycles. The summed E-state index contributed by atoms with van der Waals surface area (Å²) in [5.74, 6) is -0.333. The Kier molecular flexibility index (Phi) is 6.81. The first-order chi connectivity index (χ1) is 9.97. The van der Waals surface area contributed by atoms with Crippen molar-refractivity contribution < 1.29 is 19.1 Å². The number of esters is 2. The van der Waals surface area contributed by atoms with Gasteiger partial charge in [-0.15, -0.1) is 0 Å². The van der Waals surface area contributed by atoms with Crippen LogP contribution in [0, 0.1) is 5.92 Å². The third kappa shape index (κ3) is 5.51. The van der Waals surface area contributed by atoms with Gasteiger partial charge in [0.25, 0.3) is 0 Å². The Hall–Kier alpha value is -1.95. The predicted octanol–water partition coefficient (Wildman–Crippen LogP) is 1.55. The second-order valence-electron chi connectivity index (χ2n) is 5.12. The lowest BCUT2D eigenvalue weighted by Crippen LogP contribution is -2.38. The summed E-state index contributed by atoms with van der Waals surface area (Å²) in [6, 6.07) is 3.01. The molecule has 6 heteroatoms. The van der Waals surface area contributed by atoms with E-state index in [0.717, 1.165) is 5.69 Å². The highest BCUT2D eigenvalue weighted by Gasteiger charge is 2.19. The van der Waals surface area contributed by atoms with Crippen LogP contribution in [0.15, 0.2) is 18.3 Å². The summed E-state index contributed by atoms with van der Waals surface area (Å²) < 4.78 is 9.39. The van der Waals surface area contributed by atoms with Crippen LogP contribution >= 0.6 is 0 Å². The molecule has 1 N–H and O–H groups in total. The minimum Gasteiger partial charge on any atom is -0.468 e. The lowest BCUT2D eigenvalue weighted by molar-refractivity contribution is -0.143. The molecule has 0 fully saturated rings. The predicted molar refractivity (Wildman–Crippen MR) is 77.7 cm³/mol. The molecule has 0 aliphatic carbocycles. The molecule has 0 saturated carbocycles. The van der Waals surface area contributed by atoms with Crippen molar-refractivity contribution in [1.29, 1.82) is 0 Å². The average molecular weight is 294 g/mol. The van der Waals surface area contributed by atoms with E-state index in [4.69, 9.17) is 4.74 Å². The lowest BCUT2D eigenvalue weighted by atomic mass is 10.0. The minimum absolute atomic E-state index is 0.283. The quantitative estimate of drug-likeness (QED) is 0.769. The van der Waals surface area contributed by atoms with Crippen LogP contribution in [0.4, 0.5) is 0 Å². The van der Waals surface area contributed by atoms with Crippen LogP contribution in [-0.2, 0) is 20.8 Å². The zero-order valence-electron chi connectivity index (χ0n) is 12.9. The van der Waals surface area contributed by atoms with Gasteiger partial charge in [0.05, 0.1) is 25.5 Å². The van der Waals surface area contributed by atoms with Crippen LogP contribution in [0.3, 0.4) is 0 Å². The molecule has 0 spiro atoms. The highest BCUT2D eigenvalue weighted by atomic mass is 16.5. The number of methoxy groups -OCH3 is 2. The van der Waals surface area contributed by atoms with Crippen LogP contribution < -0.4 is 5.32 Å². The van der Waals surface area contributed by atoms with Gasteiger partial charge in [0.2, 0.25) is 0 Å². The number of rotatable bonds is 7. The third-order valence-electron chi connectivity index (χ3n) is 2.97. The molecule has 1 unspecified atom stereocenters. The van der Waals surface area contributed by atoms with Crippen molar-refractivity contribution in [3.63, 3.8) is 0 Å². The summed E-state index contributed by atoms with van der Waals surface area (Å²) in [5, 5.41) is 3.13. The van der Waals surface area contributed by atoms with Crippen molar-refractivity contribution >= 4 is 11.9 Å². The first-order valence-electron chi connectivity index (χ1n) is 6.82. The molecule has 0 radical (unpaired) electrons. The Morgan fingerprint density at radius 1 is 1.24 bits per heavy atom. The number of hydrogen-bond acceptors (Lipinski definition) is 6. The third-order valence-corrected chi connectivity index (χ3v) is 2.97. The largest absolute Gasteiger partial charge is 0.468 e. The van der Waals surface area contributed by atoms with E-state index in [1.807, 2.05) is 13.8 Å². The van der Waals surface area contributed by atoms with Gasteiger partial charge in [-0.3, -0.25) is 15.1 Å². The highest BCUT2D eigenvalue weighted by Crippen LogP contribution is 2.08. The summed E-state index contributed by atoms with van der Waals surface area (Å²) in [4.78, 5) is 27.2. The van der Waals surface area contributed by atoms with Crippen molar-refractivity contribution in [3.8, 4) is 0 Å². The van der Waals surface area contributed by atoms with Crippen molar-refractivity contribution in [3.05, 3.63) is 29.6 Å². The summed E-state index contributed by atoms with van der Waals surface area (Å²) >= 11 is 0. The monoisotopic (exact) mass is 294 g/mol. The molecule has 1 aromatic heterocycles. The Morgan fingerprint density at radius 3 is 2.43 bits per heavy atom. The van der Waals surface area contributed by atoms with Gasteiger partial charge in [-0.1, -0.05) is 13.8 Å². The Bertz CT molecular complexity index is 471. The van der Waals surface area contributed by atoms with Gasteiger partial charge in [-0.2, -0.15) is 0 Å². The molecule has 1 atom stereocenters. The van der Waals surface area contributed by atoms with Crippen molar-refractivity contribution in [1.82, 2.24) is 10.3 Å². The minimum atomic E-state index is -0.422. The number of carbonyl (C=O) groups excluding carboxylic acids is 2. The molecule has 1 heterocycles. The van der Waals surface area contributed by atoms with Crippen molar-refractivity contribution in [2.75, 3.05) is 14.2 Å². The second kappa shape index (κ2) is 8.36. The van der Waals surface area contributed by atoms with E-state index in [0.29, 0.717) is 24.4 Å². The molecule has 1 aromatic rings. The SMILES string of the molecule is COC(=O)c1ccc(CNC(CC(C)C)C(=O)OC)nc1. The summed E-state index contributed by atoms with van der Waals surface area (Å²) in [6.45, 7) is 4.51. The molecule has 21 heavy (non-hydrogen) atoms. The number of nitrogens with zero attached hydrogens (tertiary/aromatic N) is 1. The van der Waals surface area contributed by atoms with Gasteiger partial charge >= 0.3 is 11.9 Å². The fourth-order valence-electron chi connectivity index (χ4n) is 1.87. The first-order valence-corrected chi connectivity index (χ1v) is 6.82. The lowest BCUT2D eigenvalue weighted by Gasteiger charge is -2.18. The standard InChI is InChI=1S/C15H22N2O4/c1-10(2)7-13(15(19)21-4)17-9-12-6-5-11(8-16-12)14(18)20-3/h5-6,8,10,13,17H,7,9H2,1-4H3. The average Bonchev–Trinajstić information content (AvgIpc) is 2.50. The van der Waals surface area contributed by atoms with E-state index in [9.17, 15) is 9.59 Å². The fraction of sp³-hybridized carbons (Fsp3) is 0.533. The van der Waals surface area contributed by atoms with Crippen LogP contribution in [0.25, 0.3) is 0 Å². The van der Waals surface area contributed by atoms with Crippen LogP contribution in [0.1, 0.15) is 36.3 Å². The number of nitrogens with one attached hydrogen (secondary N) is 1. The zero-order chi connectivity index (χ0) is 15.8. The number of ether oxygens (including phenoxy) is 2. The first kappa shape index (κ1) is 17.1. The summed E-state index contributed by atoms with van der Waals surface area (Å²) in [6.07, 6.45) is 2.14. The molecule has 1 rings (SSSR count). The van der Waals surface area contributed by atoms with Crippen LogP contribution in [0.5, 0.6) is 0 Å². The molecule has 0 aromatic carbocycles. The van der Waals surface area contributed by atoms with Gasteiger partial charge in [-0.05, 0) is 24.5 Å². The molecule has 0 bridgehead atoms. The maximum absolute atomic E-state index is 11.7. The number of pyridine rings is 1. The molecule has 0 aliphatic rings. The number of carbonyl (C=O) groups is 2. The summed E-state index contributed by atoms with van der Waals surface area (Å²) in [7, 11) is 2.70. The Balaban J connectivity index is 2.63. The van der Waals surface area contributed by atoms with Gasteiger partial charge in [0.15, 0.2) is 0 Å². The smallest absolute Gasteiger partial charge is 0.339 e. The molecule has 116 valence electrons. The van der Waals surface area contributed by atoms with Crippen LogP contribution in [0.2, 0.25) is 0 Å². The maximum atomic E-state index is 11.7. The normalized spacial score (nSPS) is 12.0. The molecule has 0 aliphatic heterocycles. The van der Waals surface area contributed by atoms with Gasteiger partial charge < -0.3 is 9.47 Å². The zero-order valence-corrected chi connectivity index (χ0v) is 12.9. The van der Waals surface area contributed by atoms with Gasteiger partial charge in [0.1, 0.15) is 6.04 Å². The van der Waals surface area contributed by atoms with E-state index in [2.05, 4.69) is 15.0 Å². The van der Waals surface area contributed by atoms with Crippen LogP contribution in [-0.4, -0.2) is 37.2 Å². The molecular weight excluding hydrogens is 272 g/mol. The second-order valence-corrected chi connectivity index (χ2v) is 5.12. The van der Waals surface area contributed by atoms with E-state index in [-0.39, 0.29) is 12.0 Å². The molecular formula is C15H22N2O4. The van der Waals surface area contributed by atoms with E-state index in [1.54, 1.807) is 12.1 Å². The fourth-order valence-corrected chi connectivity index (χ4v) is 1.87. The van der Waals surface area contributed by atoms with Crippen molar-refractivity contribution in [2.24, 2.45) is 5.92 Å². The Labute approximate surface area is 124 Å². The van der Waals surface area contributed by atoms with Crippen molar-refractivity contribution in [2.45, 2.75) is 32.9 Å². The Morgan fingerprint density at radius 2 is 1.95 bits per heavy atom. The van der Waals surface area contributed by atoms with E-state index >= 15 is 0 Å².